The highest BCUT2D eigenvalue weighted by Crippen LogP contribution is 2.23. The van der Waals surface area contributed by atoms with E-state index >= 15 is 0 Å². The van der Waals surface area contributed by atoms with Crippen molar-refractivity contribution >= 4 is 11.6 Å². The molecule has 1 aromatic heterocycles. The zero-order valence-electron chi connectivity index (χ0n) is 11.3. The molecule has 2 rings (SSSR count). The Bertz CT molecular complexity index is 372. The van der Waals surface area contributed by atoms with Gasteiger partial charge >= 0.3 is 0 Å². The number of nitrogen functional groups attached to an aromatic ring is 1. The first-order valence-electron chi connectivity index (χ1n) is 7.15. The maximum absolute atomic E-state index is 5.81. The van der Waals surface area contributed by atoms with Gasteiger partial charge in [-0.05, 0) is 25.2 Å². The maximum atomic E-state index is 5.81. The van der Waals surface area contributed by atoms with E-state index in [-0.39, 0.29) is 0 Å². The Balaban J connectivity index is 1.91. The molecule has 0 aromatic carbocycles. The fourth-order valence-electron chi connectivity index (χ4n) is 2.58. The van der Waals surface area contributed by atoms with Crippen LogP contribution in [-0.4, -0.2) is 16.5 Å². The van der Waals surface area contributed by atoms with Gasteiger partial charge in [0.05, 0.1) is 0 Å². The average Bonchev–Trinajstić information content (AvgIpc) is 2.37. The summed E-state index contributed by atoms with van der Waals surface area (Å²) in [4.78, 5) is 8.75. The highest BCUT2D eigenvalue weighted by atomic mass is 15.0. The summed E-state index contributed by atoms with van der Waals surface area (Å²) < 4.78 is 0. The molecule has 4 heteroatoms. The van der Waals surface area contributed by atoms with Crippen molar-refractivity contribution in [2.45, 2.75) is 51.9 Å². The van der Waals surface area contributed by atoms with Gasteiger partial charge < -0.3 is 11.1 Å². The second-order valence-corrected chi connectivity index (χ2v) is 5.23. The third-order valence-corrected chi connectivity index (χ3v) is 3.56. The summed E-state index contributed by atoms with van der Waals surface area (Å²) in [7, 11) is 0. The highest BCUT2D eigenvalue weighted by Gasteiger charge is 2.13. The van der Waals surface area contributed by atoms with Gasteiger partial charge in [-0.15, -0.1) is 0 Å². The van der Waals surface area contributed by atoms with E-state index in [1.807, 2.05) is 6.07 Å². The van der Waals surface area contributed by atoms with E-state index in [0.29, 0.717) is 5.82 Å². The topological polar surface area (TPSA) is 63.8 Å². The molecule has 3 N–H and O–H groups in total. The molecule has 0 aliphatic heterocycles. The van der Waals surface area contributed by atoms with E-state index in [0.717, 1.165) is 36.9 Å². The number of anilines is 2. The van der Waals surface area contributed by atoms with Gasteiger partial charge in [0.25, 0.3) is 0 Å². The van der Waals surface area contributed by atoms with Crippen molar-refractivity contribution in [2.75, 3.05) is 17.6 Å². The van der Waals surface area contributed by atoms with Crippen LogP contribution in [0.2, 0.25) is 0 Å². The van der Waals surface area contributed by atoms with Gasteiger partial charge in [-0.1, -0.05) is 26.2 Å². The Morgan fingerprint density at radius 3 is 2.78 bits per heavy atom. The molecule has 0 amide bonds. The van der Waals surface area contributed by atoms with Crippen LogP contribution in [-0.2, 0) is 6.42 Å². The minimum Gasteiger partial charge on any atom is -0.384 e. The van der Waals surface area contributed by atoms with E-state index < -0.39 is 0 Å². The number of hydrogen-bond acceptors (Lipinski definition) is 4. The second kappa shape index (κ2) is 6.57. The monoisotopic (exact) mass is 248 g/mol. The van der Waals surface area contributed by atoms with Crippen LogP contribution in [0.1, 0.15) is 51.3 Å². The van der Waals surface area contributed by atoms with E-state index in [1.54, 1.807) is 0 Å². The van der Waals surface area contributed by atoms with Crippen LogP contribution in [0.15, 0.2) is 6.07 Å². The minimum atomic E-state index is 0.569. The molecule has 1 aliphatic carbocycles. The summed E-state index contributed by atoms with van der Waals surface area (Å²) in [5, 5.41) is 3.42. The molecule has 1 fully saturated rings. The SMILES string of the molecule is CCCc1nc(N)cc(NCC2CCCCC2)n1. The molecule has 0 spiro atoms. The third kappa shape index (κ3) is 3.86. The van der Waals surface area contributed by atoms with Gasteiger partial charge in [-0.25, -0.2) is 9.97 Å². The molecule has 1 aromatic rings. The van der Waals surface area contributed by atoms with E-state index in [1.165, 1.54) is 32.1 Å². The first kappa shape index (κ1) is 13.1. The van der Waals surface area contributed by atoms with Gasteiger partial charge in [-0.3, -0.25) is 0 Å². The summed E-state index contributed by atoms with van der Waals surface area (Å²) in [6, 6.07) is 1.84. The molecule has 100 valence electrons. The molecule has 0 bridgehead atoms. The van der Waals surface area contributed by atoms with E-state index in [2.05, 4.69) is 22.2 Å². The maximum Gasteiger partial charge on any atom is 0.133 e. The molecule has 1 heterocycles. The van der Waals surface area contributed by atoms with E-state index in [4.69, 9.17) is 5.73 Å². The minimum absolute atomic E-state index is 0.569. The number of aryl methyl sites for hydroxylation is 1. The van der Waals surface area contributed by atoms with Crippen LogP contribution >= 0.6 is 0 Å². The van der Waals surface area contributed by atoms with Crippen molar-refractivity contribution in [3.05, 3.63) is 11.9 Å². The van der Waals surface area contributed by atoms with Crippen molar-refractivity contribution in [3.63, 3.8) is 0 Å². The quantitative estimate of drug-likeness (QED) is 0.840. The smallest absolute Gasteiger partial charge is 0.133 e. The van der Waals surface area contributed by atoms with Crippen molar-refractivity contribution in [2.24, 2.45) is 5.92 Å². The fraction of sp³-hybridized carbons (Fsp3) is 0.714. The lowest BCUT2D eigenvalue weighted by atomic mass is 9.89. The molecule has 1 saturated carbocycles. The van der Waals surface area contributed by atoms with Crippen LogP contribution in [0.3, 0.4) is 0 Å². The predicted octanol–water partition coefficient (Wildman–Crippen LogP) is 3.00. The molecule has 18 heavy (non-hydrogen) atoms. The molecule has 0 atom stereocenters. The third-order valence-electron chi connectivity index (χ3n) is 3.56. The van der Waals surface area contributed by atoms with Gasteiger partial charge in [0.15, 0.2) is 0 Å². The first-order chi connectivity index (χ1) is 8.78. The fourth-order valence-corrected chi connectivity index (χ4v) is 2.58. The normalized spacial score (nSPS) is 16.7. The lowest BCUT2D eigenvalue weighted by Gasteiger charge is -2.22. The van der Waals surface area contributed by atoms with Gasteiger partial charge in [0.1, 0.15) is 17.5 Å². The van der Waals surface area contributed by atoms with Crippen molar-refractivity contribution in [1.29, 1.82) is 0 Å². The Morgan fingerprint density at radius 1 is 1.28 bits per heavy atom. The van der Waals surface area contributed by atoms with Gasteiger partial charge in [0.2, 0.25) is 0 Å². The summed E-state index contributed by atoms with van der Waals surface area (Å²) in [6.07, 6.45) is 8.77. The Morgan fingerprint density at radius 2 is 2.06 bits per heavy atom. The van der Waals surface area contributed by atoms with Crippen LogP contribution in [0.25, 0.3) is 0 Å². The Kier molecular flexibility index (Phi) is 4.79. The summed E-state index contributed by atoms with van der Waals surface area (Å²) >= 11 is 0. The van der Waals surface area contributed by atoms with Crippen LogP contribution in [0.5, 0.6) is 0 Å². The lowest BCUT2D eigenvalue weighted by molar-refractivity contribution is 0.373. The van der Waals surface area contributed by atoms with Crippen LogP contribution in [0.4, 0.5) is 11.6 Å². The first-order valence-corrected chi connectivity index (χ1v) is 7.15. The predicted molar refractivity (Wildman–Crippen MR) is 75.5 cm³/mol. The molecule has 0 radical (unpaired) electrons. The zero-order valence-corrected chi connectivity index (χ0v) is 11.3. The number of nitrogens with one attached hydrogen (secondary N) is 1. The highest BCUT2D eigenvalue weighted by molar-refractivity contribution is 5.44. The molecule has 0 unspecified atom stereocenters. The van der Waals surface area contributed by atoms with Gasteiger partial charge in [0, 0.05) is 19.0 Å². The van der Waals surface area contributed by atoms with Crippen molar-refractivity contribution in [3.8, 4) is 0 Å². The zero-order chi connectivity index (χ0) is 12.8. The Hall–Kier alpha value is -1.32. The summed E-state index contributed by atoms with van der Waals surface area (Å²) in [5.74, 6) is 3.10. The second-order valence-electron chi connectivity index (χ2n) is 5.23. The van der Waals surface area contributed by atoms with E-state index in [9.17, 15) is 0 Å². The molecule has 1 aliphatic rings. The molecular formula is C14H24N4. The number of hydrogen-bond donors (Lipinski definition) is 2. The largest absolute Gasteiger partial charge is 0.384 e. The number of nitrogens with zero attached hydrogens (tertiary/aromatic N) is 2. The number of aromatic nitrogens is 2. The standard InChI is InChI=1S/C14H24N4/c1-2-6-13-17-12(15)9-14(18-13)16-10-11-7-4-3-5-8-11/h9,11H,2-8,10H2,1H3,(H3,15,16,17,18). The average molecular weight is 248 g/mol. The summed E-state index contributed by atoms with van der Waals surface area (Å²) in [6.45, 7) is 3.14. The molecule has 0 saturated heterocycles. The van der Waals surface area contributed by atoms with Crippen LogP contribution < -0.4 is 11.1 Å². The van der Waals surface area contributed by atoms with Crippen LogP contribution in [0, 0.1) is 5.92 Å². The van der Waals surface area contributed by atoms with Crippen molar-refractivity contribution < 1.29 is 0 Å². The Labute approximate surface area is 109 Å². The number of nitrogens with two attached hydrogens (primary N) is 1. The lowest BCUT2D eigenvalue weighted by Crippen LogP contribution is -2.18. The van der Waals surface area contributed by atoms with Gasteiger partial charge in [-0.2, -0.15) is 0 Å². The number of rotatable bonds is 5. The summed E-state index contributed by atoms with van der Waals surface area (Å²) in [5.41, 5.74) is 5.81. The molecule has 4 nitrogen and oxygen atoms in total. The molecular weight excluding hydrogens is 224 g/mol. The van der Waals surface area contributed by atoms with Crippen molar-refractivity contribution in [1.82, 2.24) is 9.97 Å².